The van der Waals surface area contributed by atoms with Crippen LogP contribution in [0.1, 0.15) is 11.1 Å². The third-order valence-electron chi connectivity index (χ3n) is 3.10. The number of nitrogens with zero attached hydrogens (tertiary/aromatic N) is 1. The number of esters is 1. The highest BCUT2D eigenvalue weighted by Crippen LogP contribution is 2.21. The lowest BCUT2D eigenvalue weighted by molar-refractivity contribution is -0.130. The molecular formula is C18H11ClFNO2. The second kappa shape index (κ2) is 6.58. The summed E-state index contributed by atoms with van der Waals surface area (Å²) in [6.45, 7) is 0. The van der Waals surface area contributed by atoms with Gasteiger partial charge in [0.1, 0.15) is 5.82 Å². The van der Waals surface area contributed by atoms with Crippen molar-refractivity contribution in [3.63, 3.8) is 0 Å². The summed E-state index contributed by atoms with van der Waals surface area (Å²) in [6, 6.07) is 15.3. The zero-order chi connectivity index (χ0) is 16.2. The van der Waals surface area contributed by atoms with Gasteiger partial charge in [0.05, 0.1) is 5.56 Å². The predicted molar refractivity (Wildman–Crippen MR) is 87.4 cm³/mol. The Morgan fingerprint density at radius 3 is 2.52 bits per heavy atom. The Bertz CT molecular complexity index is 841. The molecule has 2 aromatic rings. The van der Waals surface area contributed by atoms with E-state index >= 15 is 0 Å². The van der Waals surface area contributed by atoms with E-state index in [0.29, 0.717) is 5.03 Å². The summed E-state index contributed by atoms with van der Waals surface area (Å²) in [4.78, 5) is 15.9. The first kappa shape index (κ1) is 15.2. The monoisotopic (exact) mass is 327 g/mol. The summed E-state index contributed by atoms with van der Waals surface area (Å²) >= 11 is 6.12. The number of ether oxygens (including phenoxy) is 1. The minimum absolute atomic E-state index is 0.0282. The number of allylic oxidation sites excluding steroid dienone is 2. The molecule has 0 saturated carbocycles. The molecule has 1 aliphatic rings. The first-order valence-corrected chi connectivity index (χ1v) is 7.21. The number of cyclic esters (lactones) is 1. The lowest BCUT2D eigenvalue weighted by Gasteiger charge is -1.99. The minimum atomic E-state index is -0.664. The SMILES string of the molecule is O=C1OC(c2ccccc2F)=NC1=C/C(Cl)=C/c1ccccc1. The highest BCUT2D eigenvalue weighted by Gasteiger charge is 2.25. The summed E-state index contributed by atoms with van der Waals surface area (Å²) in [7, 11) is 0. The summed E-state index contributed by atoms with van der Waals surface area (Å²) in [5.74, 6) is -1.24. The van der Waals surface area contributed by atoms with Gasteiger partial charge in [-0.1, -0.05) is 54.1 Å². The Morgan fingerprint density at radius 2 is 1.78 bits per heavy atom. The van der Waals surface area contributed by atoms with Gasteiger partial charge in [0.15, 0.2) is 5.70 Å². The molecule has 0 N–H and O–H groups in total. The number of hydrogen-bond donors (Lipinski definition) is 0. The molecule has 23 heavy (non-hydrogen) atoms. The van der Waals surface area contributed by atoms with Crippen LogP contribution >= 0.6 is 11.6 Å². The van der Waals surface area contributed by atoms with Crippen molar-refractivity contribution >= 4 is 29.5 Å². The van der Waals surface area contributed by atoms with Gasteiger partial charge in [-0.05, 0) is 29.8 Å². The highest BCUT2D eigenvalue weighted by molar-refractivity contribution is 6.33. The maximum atomic E-state index is 13.7. The number of carbonyl (C=O) groups excluding carboxylic acids is 1. The van der Waals surface area contributed by atoms with E-state index in [1.165, 1.54) is 18.2 Å². The van der Waals surface area contributed by atoms with Crippen molar-refractivity contribution in [2.75, 3.05) is 0 Å². The standard InChI is InChI=1S/C18H11ClFNO2/c19-13(10-12-6-2-1-3-7-12)11-16-18(22)23-17(21-16)14-8-4-5-9-15(14)20/h1-11H/b13-10-,16-11?. The van der Waals surface area contributed by atoms with Gasteiger partial charge < -0.3 is 4.74 Å². The van der Waals surface area contributed by atoms with Crippen LogP contribution in [0, 0.1) is 5.82 Å². The molecule has 1 aliphatic heterocycles. The number of rotatable bonds is 3. The van der Waals surface area contributed by atoms with Crippen LogP contribution in [-0.4, -0.2) is 11.9 Å². The second-order valence-corrected chi connectivity index (χ2v) is 5.19. The summed E-state index contributed by atoms with van der Waals surface area (Å²) in [5.41, 5.74) is 1.05. The number of hydrogen-bond acceptors (Lipinski definition) is 3. The fraction of sp³-hybridized carbons (Fsp3) is 0. The van der Waals surface area contributed by atoms with Crippen LogP contribution in [0.25, 0.3) is 6.08 Å². The van der Waals surface area contributed by atoms with Crippen molar-refractivity contribution in [3.05, 3.63) is 88.3 Å². The molecule has 0 aliphatic carbocycles. The van der Waals surface area contributed by atoms with Gasteiger partial charge in [0, 0.05) is 5.03 Å². The molecular weight excluding hydrogens is 317 g/mol. The molecule has 5 heteroatoms. The number of benzene rings is 2. The third kappa shape index (κ3) is 3.55. The maximum Gasteiger partial charge on any atom is 0.363 e. The Labute approximate surface area is 137 Å². The molecule has 0 spiro atoms. The quantitative estimate of drug-likeness (QED) is 0.623. The van der Waals surface area contributed by atoms with Crippen molar-refractivity contribution in [1.29, 1.82) is 0 Å². The first-order valence-electron chi connectivity index (χ1n) is 6.83. The summed E-state index contributed by atoms with van der Waals surface area (Å²) < 4.78 is 18.7. The Balaban J connectivity index is 1.89. The predicted octanol–water partition coefficient (Wildman–Crippen LogP) is 4.29. The van der Waals surface area contributed by atoms with Crippen molar-refractivity contribution in [3.8, 4) is 0 Å². The average molecular weight is 328 g/mol. The molecule has 0 bridgehead atoms. The Hall–Kier alpha value is -2.72. The zero-order valence-corrected chi connectivity index (χ0v) is 12.6. The molecule has 1 heterocycles. The highest BCUT2D eigenvalue weighted by atomic mass is 35.5. The molecule has 3 rings (SSSR count). The molecule has 0 fully saturated rings. The van der Waals surface area contributed by atoms with E-state index in [-0.39, 0.29) is 17.2 Å². The van der Waals surface area contributed by atoms with Crippen molar-refractivity contribution in [2.24, 2.45) is 4.99 Å². The Morgan fingerprint density at radius 1 is 1.09 bits per heavy atom. The largest absolute Gasteiger partial charge is 0.402 e. The molecule has 0 amide bonds. The topological polar surface area (TPSA) is 38.7 Å². The lowest BCUT2D eigenvalue weighted by atomic mass is 10.2. The molecule has 0 radical (unpaired) electrons. The van der Waals surface area contributed by atoms with Crippen molar-refractivity contribution in [2.45, 2.75) is 0 Å². The van der Waals surface area contributed by atoms with Crippen LogP contribution in [0.3, 0.4) is 0 Å². The minimum Gasteiger partial charge on any atom is -0.402 e. The van der Waals surface area contributed by atoms with Crippen molar-refractivity contribution < 1.29 is 13.9 Å². The normalized spacial score (nSPS) is 16.4. The van der Waals surface area contributed by atoms with E-state index < -0.39 is 11.8 Å². The van der Waals surface area contributed by atoms with Crippen LogP contribution < -0.4 is 0 Å². The van der Waals surface area contributed by atoms with E-state index in [1.807, 2.05) is 30.3 Å². The van der Waals surface area contributed by atoms with Crippen LogP contribution in [0.15, 0.2) is 76.4 Å². The van der Waals surface area contributed by atoms with Gasteiger partial charge in [0.2, 0.25) is 5.90 Å². The fourth-order valence-corrected chi connectivity index (χ4v) is 2.27. The number of halogens is 2. The van der Waals surface area contributed by atoms with Crippen LogP contribution in [-0.2, 0) is 9.53 Å². The van der Waals surface area contributed by atoms with Crippen LogP contribution in [0.5, 0.6) is 0 Å². The summed E-state index contributed by atoms with van der Waals surface area (Å²) in [5, 5.41) is 0.321. The van der Waals surface area contributed by atoms with Gasteiger partial charge in [0.25, 0.3) is 0 Å². The average Bonchev–Trinajstić information content (AvgIpc) is 2.89. The van der Waals surface area contributed by atoms with E-state index in [0.717, 1.165) is 5.56 Å². The van der Waals surface area contributed by atoms with Crippen LogP contribution in [0.2, 0.25) is 0 Å². The fourth-order valence-electron chi connectivity index (χ4n) is 2.04. The van der Waals surface area contributed by atoms with E-state index in [1.54, 1.807) is 18.2 Å². The van der Waals surface area contributed by atoms with Crippen molar-refractivity contribution in [1.82, 2.24) is 0 Å². The molecule has 2 aromatic carbocycles. The smallest absolute Gasteiger partial charge is 0.363 e. The van der Waals surface area contributed by atoms with Gasteiger partial charge in [-0.15, -0.1) is 0 Å². The van der Waals surface area contributed by atoms with Crippen LogP contribution in [0.4, 0.5) is 4.39 Å². The molecule has 0 unspecified atom stereocenters. The molecule has 0 saturated heterocycles. The lowest BCUT2D eigenvalue weighted by Crippen LogP contribution is -2.07. The Kier molecular flexibility index (Phi) is 4.35. The van der Waals surface area contributed by atoms with E-state index in [4.69, 9.17) is 16.3 Å². The molecule has 114 valence electrons. The summed E-state index contributed by atoms with van der Waals surface area (Å²) in [6.07, 6.45) is 3.09. The van der Waals surface area contributed by atoms with Gasteiger partial charge in [-0.3, -0.25) is 0 Å². The maximum absolute atomic E-state index is 13.7. The molecule has 0 aromatic heterocycles. The molecule has 0 atom stereocenters. The van der Waals surface area contributed by atoms with Gasteiger partial charge in [-0.25, -0.2) is 14.2 Å². The first-order chi connectivity index (χ1) is 11.1. The van der Waals surface area contributed by atoms with E-state index in [9.17, 15) is 9.18 Å². The number of aliphatic imine (C=N–C) groups is 1. The zero-order valence-electron chi connectivity index (χ0n) is 11.9. The van der Waals surface area contributed by atoms with Gasteiger partial charge >= 0.3 is 5.97 Å². The molecule has 3 nitrogen and oxygen atoms in total. The third-order valence-corrected chi connectivity index (χ3v) is 3.32. The second-order valence-electron chi connectivity index (χ2n) is 4.76. The van der Waals surface area contributed by atoms with E-state index in [2.05, 4.69) is 4.99 Å². The van der Waals surface area contributed by atoms with Gasteiger partial charge in [-0.2, -0.15) is 0 Å². The number of carbonyl (C=O) groups is 1.